The Labute approximate surface area is 360 Å². The van der Waals surface area contributed by atoms with E-state index < -0.39 is 0 Å². The predicted octanol–water partition coefficient (Wildman–Crippen LogP) is 14.8. The molecule has 0 N–H and O–H groups in total. The summed E-state index contributed by atoms with van der Waals surface area (Å²) in [7, 11) is 0. The van der Waals surface area contributed by atoms with Crippen LogP contribution < -0.4 is 4.74 Å². The number of ether oxygens (including phenoxy) is 1. The van der Waals surface area contributed by atoms with E-state index in [4.69, 9.17) is 14.7 Å². The van der Waals surface area contributed by atoms with Crippen molar-refractivity contribution in [2.45, 2.75) is 12.3 Å². The van der Waals surface area contributed by atoms with Gasteiger partial charge in [0.05, 0.1) is 28.1 Å². The minimum atomic E-state index is 0.213. The molecule has 0 bridgehead atoms. The second-order valence-electron chi connectivity index (χ2n) is 16.1. The van der Waals surface area contributed by atoms with Gasteiger partial charge in [-0.15, -0.1) is 0 Å². The highest BCUT2D eigenvalue weighted by molar-refractivity contribution is 6.12. The average Bonchev–Trinajstić information content (AvgIpc) is 3.89. The van der Waals surface area contributed by atoms with Crippen molar-refractivity contribution in [1.29, 1.82) is 0 Å². The molecule has 2 aromatic heterocycles. The molecule has 1 unspecified atom stereocenters. The quantitative estimate of drug-likeness (QED) is 0.161. The number of rotatable bonds is 7. The fraction of sp³-hybridized carbons (Fsp3) is 0.0345. The van der Waals surface area contributed by atoms with Gasteiger partial charge in [0.2, 0.25) is 0 Å². The highest BCUT2D eigenvalue weighted by Crippen LogP contribution is 2.47. The average molecular weight is 794 g/mol. The van der Waals surface area contributed by atoms with Crippen molar-refractivity contribution in [2.24, 2.45) is 0 Å². The third-order valence-electron chi connectivity index (χ3n) is 12.4. The number of fused-ring (bicyclic) bond motifs is 6. The van der Waals surface area contributed by atoms with Crippen LogP contribution in [0.3, 0.4) is 0 Å². The molecule has 1 aliphatic carbocycles. The maximum Gasteiger partial charge on any atom is 0.160 e. The Hall–Kier alpha value is -8.08. The number of hydrogen-bond donors (Lipinski definition) is 0. The number of para-hydroxylation sites is 2. The molecule has 0 saturated carbocycles. The lowest BCUT2D eigenvalue weighted by atomic mass is 9.89. The highest BCUT2D eigenvalue weighted by atomic mass is 16.5. The number of hydrogen-bond acceptors (Lipinski definition) is 3. The maximum atomic E-state index is 6.43. The first-order valence-corrected chi connectivity index (χ1v) is 21.3. The molecule has 0 spiro atoms. The molecule has 3 heterocycles. The smallest absolute Gasteiger partial charge is 0.160 e. The zero-order valence-corrected chi connectivity index (χ0v) is 33.8. The number of allylic oxidation sites excluding steroid dienone is 4. The van der Waals surface area contributed by atoms with Crippen LogP contribution in [0.15, 0.2) is 224 Å². The molecule has 12 rings (SSSR count). The summed E-state index contributed by atoms with van der Waals surface area (Å²) < 4.78 is 8.90. The van der Waals surface area contributed by atoms with Gasteiger partial charge in [-0.2, -0.15) is 0 Å². The van der Waals surface area contributed by atoms with Crippen molar-refractivity contribution in [2.75, 3.05) is 0 Å². The molecule has 0 fully saturated rings. The summed E-state index contributed by atoms with van der Waals surface area (Å²) in [5.74, 6) is 2.78. The summed E-state index contributed by atoms with van der Waals surface area (Å²) in [5, 5.41) is 2.41. The second-order valence-corrected chi connectivity index (χ2v) is 16.1. The van der Waals surface area contributed by atoms with Crippen LogP contribution >= 0.6 is 0 Å². The van der Waals surface area contributed by atoms with Gasteiger partial charge in [-0.25, -0.2) is 9.97 Å². The van der Waals surface area contributed by atoms with Crippen molar-refractivity contribution >= 4 is 27.4 Å². The van der Waals surface area contributed by atoms with Crippen LogP contribution in [-0.4, -0.2) is 14.5 Å². The van der Waals surface area contributed by atoms with Crippen LogP contribution in [0.4, 0.5) is 0 Å². The van der Waals surface area contributed by atoms with E-state index in [9.17, 15) is 0 Å². The summed E-state index contributed by atoms with van der Waals surface area (Å²) in [4.78, 5) is 10.8. The van der Waals surface area contributed by atoms with Crippen LogP contribution in [0.5, 0.6) is 5.75 Å². The van der Waals surface area contributed by atoms with E-state index >= 15 is 0 Å². The Morgan fingerprint density at radius 1 is 0.452 bits per heavy atom. The van der Waals surface area contributed by atoms with Crippen LogP contribution in [0.25, 0.3) is 89.1 Å². The van der Waals surface area contributed by atoms with Gasteiger partial charge in [0.25, 0.3) is 0 Å². The van der Waals surface area contributed by atoms with Crippen molar-refractivity contribution in [3.63, 3.8) is 0 Å². The molecular weight excluding hydrogens is 755 g/mol. The van der Waals surface area contributed by atoms with E-state index in [-0.39, 0.29) is 5.92 Å². The van der Waals surface area contributed by atoms with Crippen molar-refractivity contribution in [3.8, 4) is 67.5 Å². The Kier molecular flexibility index (Phi) is 8.60. The van der Waals surface area contributed by atoms with Gasteiger partial charge in [0.1, 0.15) is 11.5 Å². The normalized spacial score (nSPS) is 14.2. The molecule has 0 amide bonds. The fourth-order valence-corrected chi connectivity index (χ4v) is 9.41. The first kappa shape index (κ1) is 35.8. The Morgan fingerprint density at radius 2 is 1.03 bits per heavy atom. The zero-order valence-electron chi connectivity index (χ0n) is 33.8. The molecule has 292 valence electrons. The molecule has 4 nitrogen and oxygen atoms in total. The van der Waals surface area contributed by atoms with Gasteiger partial charge in [0.15, 0.2) is 5.82 Å². The Morgan fingerprint density at radius 3 is 1.74 bits per heavy atom. The maximum absolute atomic E-state index is 6.43. The molecule has 10 aromatic rings. The summed E-state index contributed by atoms with van der Waals surface area (Å²) in [5.41, 5.74) is 16.1. The number of aromatic nitrogens is 3. The largest absolute Gasteiger partial charge is 0.461 e. The summed E-state index contributed by atoms with van der Waals surface area (Å²) in [6.07, 6.45) is 5.32. The van der Waals surface area contributed by atoms with E-state index in [2.05, 4.69) is 211 Å². The lowest BCUT2D eigenvalue weighted by Gasteiger charge is -2.21. The van der Waals surface area contributed by atoms with Gasteiger partial charge < -0.3 is 9.30 Å². The topological polar surface area (TPSA) is 39.9 Å². The van der Waals surface area contributed by atoms with Gasteiger partial charge >= 0.3 is 0 Å². The first-order valence-electron chi connectivity index (χ1n) is 21.3. The molecule has 1 atom stereocenters. The molecule has 1 aliphatic heterocycles. The van der Waals surface area contributed by atoms with E-state index in [1.165, 1.54) is 27.5 Å². The van der Waals surface area contributed by atoms with Crippen molar-refractivity contribution in [1.82, 2.24) is 14.5 Å². The van der Waals surface area contributed by atoms with Crippen LogP contribution in [0, 0.1) is 0 Å². The molecule has 0 saturated heterocycles. The minimum Gasteiger partial charge on any atom is -0.461 e. The molecule has 4 heteroatoms. The fourth-order valence-electron chi connectivity index (χ4n) is 9.41. The van der Waals surface area contributed by atoms with E-state index in [0.29, 0.717) is 5.82 Å². The standard InChI is InChI=1S/C58H39N3O/c1-5-17-38(18-6-1)42-30-32-54-50(33-42)45-25-13-15-27-53(45)61(54)57-48(39-19-7-2-8-20-39)34-44(35-49(57)40-21-9-3-10-22-40)58-59-51(41-23-11-4-12-24-41)37-52(60-58)43-29-31-47-46-26-14-16-28-55(46)62-56(47)36-43/h1-30,32-37,47H,31H2. The summed E-state index contributed by atoms with van der Waals surface area (Å²) in [6, 6.07) is 73.3. The van der Waals surface area contributed by atoms with Gasteiger partial charge in [0, 0.05) is 44.5 Å². The van der Waals surface area contributed by atoms with Crippen LogP contribution in [0.2, 0.25) is 0 Å². The highest BCUT2D eigenvalue weighted by Gasteiger charge is 2.31. The third kappa shape index (κ3) is 6.15. The number of nitrogens with zero attached hydrogens (tertiary/aromatic N) is 3. The van der Waals surface area contributed by atoms with Gasteiger partial charge in [-0.05, 0) is 82.8 Å². The van der Waals surface area contributed by atoms with Gasteiger partial charge in [-0.1, -0.05) is 170 Å². The van der Waals surface area contributed by atoms with Gasteiger partial charge in [-0.3, -0.25) is 0 Å². The Balaban J connectivity index is 1.11. The number of benzene rings is 8. The van der Waals surface area contributed by atoms with E-state index in [1.54, 1.807) is 0 Å². The monoisotopic (exact) mass is 793 g/mol. The third-order valence-corrected chi connectivity index (χ3v) is 12.4. The SMILES string of the molecule is C1=C(c2cc(-c3ccccc3)nc(-c3cc(-c4ccccc4)c(-n4c5ccccc5c5cc(-c6ccccc6)ccc54)c(-c4ccccc4)c3)n2)C=C2Oc3ccccc3C2C1. The Bertz CT molecular complexity index is 3330. The van der Waals surface area contributed by atoms with E-state index in [1.807, 2.05) is 12.1 Å². The van der Waals surface area contributed by atoms with Crippen LogP contribution in [-0.2, 0) is 0 Å². The second kappa shape index (κ2) is 14.9. The lowest BCUT2D eigenvalue weighted by molar-refractivity contribution is 0.426. The lowest BCUT2D eigenvalue weighted by Crippen LogP contribution is -2.06. The molecule has 8 aromatic carbocycles. The van der Waals surface area contributed by atoms with E-state index in [0.717, 1.165) is 85.0 Å². The predicted molar refractivity (Wildman–Crippen MR) is 254 cm³/mol. The summed E-state index contributed by atoms with van der Waals surface area (Å²) >= 11 is 0. The zero-order chi connectivity index (χ0) is 41.0. The molecule has 62 heavy (non-hydrogen) atoms. The molecule has 2 aliphatic rings. The summed E-state index contributed by atoms with van der Waals surface area (Å²) in [6.45, 7) is 0. The van der Waals surface area contributed by atoms with Crippen LogP contribution in [0.1, 0.15) is 23.6 Å². The van der Waals surface area contributed by atoms with Crippen molar-refractivity contribution in [3.05, 3.63) is 235 Å². The minimum absolute atomic E-state index is 0.213. The van der Waals surface area contributed by atoms with Crippen molar-refractivity contribution < 1.29 is 4.74 Å². The first-order chi connectivity index (χ1) is 30.7. The molecule has 0 radical (unpaired) electrons. The molecular formula is C58H39N3O.